The summed E-state index contributed by atoms with van der Waals surface area (Å²) in [7, 11) is 0. The summed E-state index contributed by atoms with van der Waals surface area (Å²) in [5.74, 6) is 7.53. The third-order valence-electron chi connectivity index (χ3n) is 3.22. The zero-order valence-corrected chi connectivity index (χ0v) is 11.4. The third-order valence-corrected chi connectivity index (χ3v) is 3.22. The second kappa shape index (κ2) is 4.38. The van der Waals surface area contributed by atoms with Gasteiger partial charge in [0.1, 0.15) is 11.6 Å². The Kier molecular flexibility index (Phi) is 3.04. The summed E-state index contributed by atoms with van der Waals surface area (Å²) in [6, 6.07) is 0. The highest BCUT2D eigenvalue weighted by molar-refractivity contribution is 5.51. The molecule has 0 spiro atoms. The van der Waals surface area contributed by atoms with E-state index >= 15 is 0 Å². The van der Waals surface area contributed by atoms with Crippen LogP contribution < -0.4 is 11.3 Å². The zero-order chi connectivity index (χ0) is 13.4. The maximum atomic E-state index is 5.47. The lowest BCUT2D eigenvalue weighted by atomic mass is 10.2. The molecule has 2 aromatic rings. The van der Waals surface area contributed by atoms with Crippen LogP contribution in [0.3, 0.4) is 0 Å². The van der Waals surface area contributed by atoms with Crippen LogP contribution in [-0.4, -0.2) is 19.7 Å². The molecule has 0 aromatic carbocycles. The molecule has 0 unspecified atom stereocenters. The Morgan fingerprint density at radius 3 is 2.17 bits per heavy atom. The van der Waals surface area contributed by atoms with E-state index in [-0.39, 0.29) is 0 Å². The predicted molar refractivity (Wildman–Crippen MR) is 70.6 cm³/mol. The van der Waals surface area contributed by atoms with E-state index in [1.54, 1.807) is 0 Å². The summed E-state index contributed by atoms with van der Waals surface area (Å²) in [6.45, 7) is 9.84. The molecule has 96 valence electrons. The van der Waals surface area contributed by atoms with Crippen molar-refractivity contribution in [3.8, 4) is 5.82 Å². The van der Waals surface area contributed by atoms with Gasteiger partial charge in [0.25, 0.3) is 0 Å². The monoisotopic (exact) mass is 246 g/mol. The van der Waals surface area contributed by atoms with E-state index in [4.69, 9.17) is 5.84 Å². The van der Waals surface area contributed by atoms with Crippen LogP contribution in [0.5, 0.6) is 0 Å². The van der Waals surface area contributed by atoms with Crippen molar-refractivity contribution in [2.24, 2.45) is 5.84 Å². The molecule has 0 atom stereocenters. The largest absolute Gasteiger partial charge is 0.308 e. The predicted octanol–water partition coefficient (Wildman–Crippen LogP) is 1.49. The van der Waals surface area contributed by atoms with Crippen LogP contribution in [-0.2, 0) is 0 Å². The summed E-state index contributed by atoms with van der Waals surface area (Å²) < 4.78 is 1.84. The van der Waals surface area contributed by atoms with E-state index in [1.165, 1.54) is 5.56 Å². The van der Waals surface area contributed by atoms with Crippen molar-refractivity contribution in [3.63, 3.8) is 0 Å². The van der Waals surface area contributed by atoms with Gasteiger partial charge in [-0.2, -0.15) is 5.10 Å². The van der Waals surface area contributed by atoms with Gasteiger partial charge < -0.3 is 5.43 Å². The minimum atomic E-state index is 0.628. The summed E-state index contributed by atoms with van der Waals surface area (Å²) >= 11 is 0. The minimum Gasteiger partial charge on any atom is -0.308 e. The van der Waals surface area contributed by atoms with Crippen LogP contribution in [0.4, 0.5) is 5.82 Å². The molecule has 0 fully saturated rings. The summed E-state index contributed by atoms with van der Waals surface area (Å²) in [6.07, 6.45) is 0. The molecule has 6 heteroatoms. The van der Waals surface area contributed by atoms with Gasteiger partial charge in [-0.05, 0) is 40.2 Å². The lowest BCUT2D eigenvalue weighted by Gasteiger charge is -2.11. The summed E-state index contributed by atoms with van der Waals surface area (Å²) in [5.41, 5.74) is 6.74. The number of nitrogens with two attached hydrogens (primary N) is 1. The molecule has 2 heterocycles. The molecule has 0 bridgehead atoms. The zero-order valence-electron chi connectivity index (χ0n) is 11.4. The second-order valence-corrected chi connectivity index (χ2v) is 4.42. The first kappa shape index (κ1) is 12.5. The first-order chi connectivity index (χ1) is 8.45. The average Bonchev–Trinajstić information content (AvgIpc) is 2.59. The first-order valence-corrected chi connectivity index (χ1v) is 5.80. The fraction of sp³-hybridized carbons (Fsp3) is 0.417. The number of nitrogens with one attached hydrogen (secondary N) is 1. The van der Waals surface area contributed by atoms with Crippen molar-refractivity contribution in [2.75, 3.05) is 5.43 Å². The lowest BCUT2D eigenvalue weighted by molar-refractivity contribution is 0.784. The standard InChI is InChI=1S/C12H18N6/c1-6-8(3)17-18(9(6)4)12-7(2)11(16-13)14-10(5)15-12/h13H2,1-5H3,(H,14,15,16). The SMILES string of the molecule is Cc1nc(NN)c(C)c(-n2nc(C)c(C)c2C)n1. The number of anilines is 1. The van der Waals surface area contributed by atoms with Crippen LogP contribution in [0.1, 0.15) is 28.3 Å². The number of aryl methyl sites for hydroxylation is 2. The quantitative estimate of drug-likeness (QED) is 0.619. The number of rotatable bonds is 2. The van der Waals surface area contributed by atoms with Gasteiger partial charge in [0, 0.05) is 11.3 Å². The van der Waals surface area contributed by atoms with E-state index in [9.17, 15) is 0 Å². The maximum Gasteiger partial charge on any atom is 0.162 e. The summed E-state index contributed by atoms with van der Waals surface area (Å²) in [5, 5.41) is 4.52. The van der Waals surface area contributed by atoms with Gasteiger partial charge in [0.15, 0.2) is 5.82 Å². The molecule has 0 saturated carbocycles. The molecule has 2 aromatic heterocycles. The van der Waals surface area contributed by atoms with Crippen molar-refractivity contribution >= 4 is 5.82 Å². The number of nitrogen functional groups attached to an aromatic ring is 1. The van der Waals surface area contributed by atoms with Gasteiger partial charge in [0.2, 0.25) is 0 Å². The Morgan fingerprint density at radius 2 is 1.67 bits per heavy atom. The molecule has 2 rings (SSSR count). The molecular formula is C12H18N6. The van der Waals surface area contributed by atoms with E-state index in [1.807, 2.05) is 32.4 Å². The molecule has 18 heavy (non-hydrogen) atoms. The fourth-order valence-corrected chi connectivity index (χ4v) is 1.89. The van der Waals surface area contributed by atoms with Crippen LogP contribution in [0.15, 0.2) is 0 Å². The lowest BCUT2D eigenvalue weighted by Crippen LogP contribution is -2.15. The molecule has 0 amide bonds. The molecule has 6 nitrogen and oxygen atoms in total. The number of hydrogen-bond donors (Lipinski definition) is 2. The average molecular weight is 246 g/mol. The van der Waals surface area contributed by atoms with Gasteiger partial charge >= 0.3 is 0 Å². The normalized spacial score (nSPS) is 10.8. The molecule has 0 aliphatic carbocycles. The summed E-state index contributed by atoms with van der Waals surface area (Å²) in [4.78, 5) is 8.71. The van der Waals surface area contributed by atoms with Crippen molar-refractivity contribution in [3.05, 3.63) is 28.3 Å². The number of nitrogens with zero attached hydrogens (tertiary/aromatic N) is 4. The third kappa shape index (κ3) is 1.84. The number of hydrogen-bond acceptors (Lipinski definition) is 5. The van der Waals surface area contributed by atoms with Gasteiger partial charge in [-0.15, -0.1) is 0 Å². The second-order valence-electron chi connectivity index (χ2n) is 4.42. The van der Waals surface area contributed by atoms with Crippen molar-refractivity contribution in [1.29, 1.82) is 0 Å². The molecule has 3 N–H and O–H groups in total. The van der Waals surface area contributed by atoms with Gasteiger partial charge in [-0.25, -0.2) is 20.5 Å². The first-order valence-electron chi connectivity index (χ1n) is 5.80. The Hall–Kier alpha value is -1.95. The molecular weight excluding hydrogens is 228 g/mol. The number of aromatic nitrogens is 4. The van der Waals surface area contributed by atoms with E-state index in [0.29, 0.717) is 11.6 Å². The van der Waals surface area contributed by atoms with Gasteiger partial charge in [0.05, 0.1) is 5.69 Å². The minimum absolute atomic E-state index is 0.628. The van der Waals surface area contributed by atoms with Crippen LogP contribution in [0.2, 0.25) is 0 Å². The van der Waals surface area contributed by atoms with E-state index in [2.05, 4.69) is 27.4 Å². The fourth-order valence-electron chi connectivity index (χ4n) is 1.89. The highest BCUT2D eigenvalue weighted by Crippen LogP contribution is 2.21. The van der Waals surface area contributed by atoms with Gasteiger partial charge in [-0.3, -0.25) is 0 Å². The molecule has 0 aliphatic rings. The van der Waals surface area contributed by atoms with Crippen molar-refractivity contribution in [1.82, 2.24) is 19.7 Å². The molecule has 0 aliphatic heterocycles. The van der Waals surface area contributed by atoms with Crippen molar-refractivity contribution in [2.45, 2.75) is 34.6 Å². The smallest absolute Gasteiger partial charge is 0.162 e. The Morgan fingerprint density at radius 1 is 1.00 bits per heavy atom. The van der Waals surface area contributed by atoms with Crippen LogP contribution in [0.25, 0.3) is 5.82 Å². The van der Waals surface area contributed by atoms with Crippen molar-refractivity contribution < 1.29 is 0 Å². The van der Waals surface area contributed by atoms with Crippen LogP contribution >= 0.6 is 0 Å². The van der Waals surface area contributed by atoms with Crippen LogP contribution in [0, 0.1) is 34.6 Å². The topological polar surface area (TPSA) is 81.6 Å². The highest BCUT2D eigenvalue weighted by atomic mass is 15.3. The molecule has 0 radical (unpaired) electrons. The Balaban J connectivity index is 2.70. The van der Waals surface area contributed by atoms with Gasteiger partial charge in [-0.1, -0.05) is 0 Å². The maximum absolute atomic E-state index is 5.47. The highest BCUT2D eigenvalue weighted by Gasteiger charge is 2.15. The Bertz CT molecular complexity index is 599. The number of hydrazine groups is 1. The Labute approximate surface area is 106 Å². The molecule has 0 saturated heterocycles. The van der Waals surface area contributed by atoms with E-state index in [0.717, 1.165) is 22.8 Å². The van der Waals surface area contributed by atoms with E-state index < -0.39 is 0 Å².